The topological polar surface area (TPSA) is 65.1 Å². The second-order valence-corrected chi connectivity index (χ2v) is 6.83. The standard InChI is InChI=1S/C23H25F2NO5/c1-16(2)26(14-18-7-5-4-6-8-18)21(27)15-30-22(28)12-10-17-9-11-19(31-23(24)25)20(13-17)29-3/h4-13,16,23H,14-15H2,1-3H3/b12-10+. The Morgan fingerprint density at radius 3 is 2.39 bits per heavy atom. The summed E-state index contributed by atoms with van der Waals surface area (Å²) >= 11 is 0. The number of rotatable bonds is 10. The maximum absolute atomic E-state index is 12.5. The van der Waals surface area contributed by atoms with E-state index in [1.165, 1.54) is 31.4 Å². The van der Waals surface area contributed by atoms with Crippen LogP contribution >= 0.6 is 0 Å². The molecular weight excluding hydrogens is 408 g/mol. The Balaban J connectivity index is 1.94. The number of methoxy groups -OCH3 is 1. The third-order valence-corrected chi connectivity index (χ3v) is 4.29. The van der Waals surface area contributed by atoms with Crippen molar-refractivity contribution in [2.75, 3.05) is 13.7 Å². The number of alkyl halides is 2. The summed E-state index contributed by atoms with van der Waals surface area (Å²) in [6.45, 7) is 0.820. The van der Waals surface area contributed by atoms with Crippen LogP contribution in [0.25, 0.3) is 6.08 Å². The molecule has 166 valence electrons. The van der Waals surface area contributed by atoms with Gasteiger partial charge >= 0.3 is 12.6 Å². The normalized spacial score (nSPS) is 11.1. The third-order valence-electron chi connectivity index (χ3n) is 4.29. The maximum Gasteiger partial charge on any atom is 0.387 e. The minimum absolute atomic E-state index is 0.0663. The van der Waals surface area contributed by atoms with E-state index in [2.05, 4.69) is 4.74 Å². The van der Waals surface area contributed by atoms with E-state index >= 15 is 0 Å². The summed E-state index contributed by atoms with van der Waals surface area (Å²) in [5.41, 5.74) is 1.48. The van der Waals surface area contributed by atoms with E-state index in [1.807, 2.05) is 44.2 Å². The Hall–Kier alpha value is -3.42. The van der Waals surface area contributed by atoms with Gasteiger partial charge < -0.3 is 19.1 Å². The lowest BCUT2D eigenvalue weighted by molar-refractivity contribution is -0.149. The van der Waals surface area contributed by atoms with Crippen LogP contribution in [-0.4, -0.2) is 43.1 Å². The zero-order valence-corrected chi connectivity index (χ0v) is 17.6. The molecule has 0 N–H and O–H groups in total. The first kappa shape index (κ1) is 23.9. The molecular formula is C23H25F2NO5. The van der Waals surface area contributed by atoms with Gasteiger partial charge in [0.1, 0.15) is 0 Å². The lowest BCUT2D eigenvalue weighted by Crippen LogP contribution is -2.39. The molecule has 2 rings (SSSR count). The Morgan fingerprint density at radius 1 is 1.06 bits per heavy atom. The van der Waals surface area contributed by atoms with Crippen molar-refractivity contribution in [3.63, 3.8) is 0 Å². The van der Waals surface area contributed by atoms with Crippen LogP contribution in [0, 0.1) is 0 Å². The molecule has 31 heavy (non-hydrogen) atoms. The van der Waals surface area contributed by atoms with Crippen molar-refractivity contribution in [2.45, 2.75) is 33.0 Å². The van der Waals surface area contributed by atoms with Crippen molar-refractivity contribution in [2.24, 2.45) is 0 Å². The van der Waals surface area contributed by atoms with Crippen LogP contribution in [0.4, 0.5) is 8.78 Å². The molecule has 0 aliphatic carbocycles. The van der Waals surface area contributed by atoms with Gasteiger partial charge in [0.05, 0.1) is 7.11 Å². The molecule has 0 fully saturated rings. The number of hydrogen-bond acceptors (Lipinski definition) is 5. The lowest BCUT2D eigenvalue weighted by atomic mass is 10.2. The van der Waals surface area contributed by atoms with Crippen LogP contribution in [0.1, 0.15) is 25.0 Å². The highest BCUT2D eigenvalue weighted by Crippen LogP contribution is 2.29. The molecule has 0 bridgehead atoms. The smallest absolute Gasteiger partial charge is 0.387 e. The van der Waals surface area contributed by atoms with E-state index in [0.717, 1.165) is 11.6 Å². The van der Waals surface area contributed by atoms with Crippen LogP contribution in [0.5, 0.6) is 11.5 Å². The highest BCUT2D eigenvalue weighted by molar-refractivity contribution is 5.89. The molecule has 0 unspecified atom stereocenters. The molecule has 8 heteroatoms. The first-order valence-electron chi connectivity index (χ1n) is 9.61. The van der Waals surface area contributed by atoms with Crippen molar-refractivity contribution in [3.05, 3.63) is 65.7 Å². The highest BCUT2D eigenvalue weighted by Gasteiger charge is 2.18. The predicted octanol–water partition coefficient (Wildman–Crippen LogP) is 4.29. The summed E-state index contributed by atoms with van der Waals surface area (Å²) < 4.78 is 39.2. The number of carbonyl (C=O) groups excluding carboxylic acids is 2. The van der Waals surface area contributed by atoms with Gasteiger partial charge in [-0.1, -0.05) is 36.4 Å². The molecule has 0 atom stereocenters. The van der Waals surface area contributed by atoms with Crippen molar-refractivity contribution >= 4 is 18.0 Å². The van der Waals surface area contributed by atoms with Crippen LogP contribution < -0.4 is 9.47 Å². The van der Waals surface area contributed by atoms with Gasteiger partial charge in [0, 0.05) is 18.7 Å². The minimum atomic E-state index is -2.98. The number of halogens is 2. The molecule has 1 amide bonds. The summed E-state index contributed by atoms with van der Waals surface area (Å²) in [7, 11) is 1.32. The molecule has 0 saturated heterocycles. The number of hydrogen-bond donors (Lipinski definition) is 0. The fourth-order valence-electron chi connectivity index (χ4n) is 2.75. The molecule has 0 radical (unpaired) electrons. The Kier molecular flexibility index (Phi) is 8.99. The molecule has 0 heterocycles. The van der Waals surface area contributed by atoms with Crippen LogP contribution in [0.2, 0.25) is 0 Å². The summed E-state index contributed by atoms with van der Waals surface area (Å²) in [5, 5.41) is 0. The van der Waals surface area contributed by atoms with Crippen LogP contribution in [0.15, 0.2) is 54.6 Å². The SMILES string of the molecule is COc1cc(/C=C/C(=O)OCC(=O)N(Cc2ccccc2)C(C)C)ccc1OC(F)F. The zero-order valence-electron chi connectivity index (χ0n) is 17.6. The van der Waals surface area contributed by atoms with Crippen LogP contribution in [-0.2, 0) is 20.9 Å². The summed E-state index contributed by atoms with van der Waals surface area (Å²) in [4.78, 5) is 26.1. The van der Waals surface area contributed by atoms with Gasteiger partial charge in [0.15, 0.2) is 18.1 Å². The molecule has 2 aromatic rings. The van der Waals surface area contributed by atoms with E-state index in [1.54, 1.807) is 4.90 Å². The van der Waals surface area contributed by atoms with Gasteiger partial charge in [-0.15, -0.1) is 0 Å². The molecule has 0 aromatic heterocycles. The molecule has 6 nitrogen and oxygen atoms in total. The fraction of sp³-hybridized carbons (Fsp3) is 0.304. The van der Waals surface area contributed by atoms with E-state index < -0.39 is 19.2 Å². The van der Waals surface area contributed by atoms with Gasteiger partial charge in [0.2, 0.25) is 0 Å². The number of amides is 1. The van der Waals surface area contributed by atoms with Gasteiger partial charge in [-0.05, 0) is 43.2 Å². The van der Waals surface area contributed by atoms with Gasteiger partial charge in [-0.25, -0.2) is 4.79 Å². The monoisotopic (exact) mass is 433 g/mol. The second kappa shape index (κ2) is 11.7. The number of carbonyl (C=O) groups is 2. The van der Waals surface area contributed by atoms with Gasteiger partial charge in [-0.3, -0.25) is 4.79 Å². The fourth-order valence-corrected chi connectivity index (χ4v) is 2.75. The third kappa shape index (κ3) is 7.73. The Morgan fingerprint density at radius 2 is 1.77 bits per heavy atom. The lowest BCUT2D eigenvalue weighted by Gasteiger charge is -2.26. The van der Waals surface area contributed by atoms with E-state index in [0.29, 0.717) is 12.1 Å². The zero-order chi connectivity index (χ0) is 22.8. The van der Waals surface area contributed by atoms with Crippen molar-refractivity contribution in [3.8, 4) is 11.5 Å². The molecule has 0 saturated carbocycles. The summed E-state index contributed by atoms with van der Waals surface area (Å²) in [6.07, 6.45) is 2.57. The van der Waals surface area contributed by atoms with Gasteiger partial charge in [-0.2, -0.15) is 8.78 Å². The quantitative estimate of drug-likeness (QED) is 0.413. The highest BCUT2D eigenvalue weighted by atomic mass is 19.3. The average Bonchev–Trinajstić information content (AvgIpc) is 2.75. The summed E-state index contributed by atoms with van der Waals surface area (Å²) in [5.74, 6) is -1.03. The molecule has 0 aliphatic rings. The first-order valence-corrected chi connectivity index (χ1v) is 9.61. The van der Waals surface area contributed by atoms with E-state index in [-0.39, 0.29) is 23.4 Å². The number of ether oxygens (including phenoxy) is 3. The molecule has 2 aromatic carbocycles. The van der Waals surface area contributed by atoms with E-state index in [4.69, 9.17) is 9.47 Å². The molecule has 0 spiro atoms. The Labute approximate surface area is 180 Å². The maximum atomic E-state index is 12.5. The summed E-state index contributed by atoms with van der Waals surface area (Å²) in [6, 6.07) is 13.7. The average molecular weight is 433 g/mol. The predicted molar refractivity (Wildman–Crippen MR) is 112 cm³/mol. The second-order valence-electron chi connectivity index (χ2n) is 6.83. The number of benzene rings is 2. The van der Waals surface area contributed by atoms with Crippen LogP contribution in [0.3, 0.4) is 0 Å². The first-order chi connectivity index (χ1) is 14.8. The number of nitrogens with zero attached hydrogens (tertiary/aromatic N) is 1. The van der Waals surface area contributed by atoms with E-state index in [9.17, 15) is 18.4 Å². The Bertz CT molecular complexity index is 900. The molecule has 0 aliphatic heterocycles. The number of esters is 1. The van der Waals surface area contributed by atoms with Crippen molar-refractivity contribution in [1.82, 2.24) is 4.90 Å². The van der Waals surface area contributed by atoms with Gasteiger partial charge in [0.25, 0.3) is 5.91 Å². The van der Waals surface area contributed by atoms with Crippen molar-refractivity contribution in [1.29, 1.82) is 0 Å². The largest absolute Gasteiger partial charge is 0.493 e. The van der Waals surface area contributed by atoms with Crippen molar-refractivity contribution < 1.29 is 32.6 Å². The minimum Gasteiger partial charge on any atom is -0.493 e.